The molecule has 0 unspecified atom stereocenters. The molecular formula is C19H21F2N3O4S. The Morgan fingerprint density at radius 1 is 1.00 bits per heavy atom. The number of hydrogen-bond donors (Lipinski definition) is 3. The maximum Gasteiger partial charge on any atom is 0.254 e. The van der Waals surface area contributed by atoms with E-state index in [1.165, 1.54) is 24.3 Å². The van der Waals surface area contributed by atoms with E-state index in [0.717, 1.165) is 24.5 Å². The SMILES string of the molecule is CC(C)[C@@H](NC(=O)c1ccccc1F)C(=O)Nc1ccc(F)c(NS(C)(=O)=O)c1. The lowest BCUT2D eigenvalue weighted by atomic mass is 10.0. The Bertz CT molecular complexity index is 1030. The molecule has 0 fully saturated rings. The molecule has 0 spiro atoms. The van der Waals surface area contributed by atoms with E-state index in [4.69, 9.17) is 0 Å². The largest absolute Gasteiger partial charge is 0.340 e. The molecule has 0 saturated carbocycles. The summed E-state index contributed by atoms with van der Waals surface area (Å²) in [6, 6.07) is 7.70. The highest BCUT2D eigenvalue weighted by Crippen LogP contribution is 2.21. The molecule has 0 bridgehead atoms. The summed E-state index contributed by atoms with van der Waals surface area (Å²) < 4.78 is 52.3. The van der Waals surface area contributed by atoms with Crippen molar-refractivity contribution in [1.29, 1.82) is 0 Å². The van der Waals surface area contributed by atoms with E-state index in [0.29, 0.717) is 0 Å². The number of carbonyl (C=O) groups is 2. The molecule has 0 radical (unpaired) electrons. The quantitative estimate of drug-likeness (QED) is 0.634. The third-order valence-electron chi connectivity index (χ3n) is 3.88. The Morgan fingerprint density at radius 3 is 2.24 bits per heavy atom. The molecule has 7 nitrogen and oxygen atoms in total. The van der Waals surface area contributed by atoms with Crippen molar-refractivity contribution in [2.75, 3.05) is 16.3 Å². The number of carbonyl (C=O) groups excluding carboxylic acids is 2. The van der Waals surface area contributed by atoms with Crippen LogP contribution in [0.5, 0.6) is 0 Å². The second-order valence-electron chi connectivity index (χ2n) is 6.73. The Morgan fingerprint density at radius 2 is 1.66 bits per heavy atom. The molecular weight excluding hydrogens is 404 g/mol. The van der Waals surface area contributed by atoms with Crippen molar-refractivity contribution in [2.45, 2.75) is 19.9 Å². The van der Waals surface area contributed by atoms with Crippen LogP contribution in [-0.4, -0.2) is 32.5 Å². The number of sulfonamides is 1. The van der Waals surface area contributed by atoms with Crippen molar-refractivity contribution in [3.63, 3.8) is 0 Å². The molecule has 1 atom stereocenters. The highest BCUT2D eigenvalue weighted by molar-refractivity contribution is 7.92. The van der Waals surface area contributed by atoms with Crippen LogP contribution in [0.15, 0.2) is 42.5 Å². The van der Waals surface area contributed by atoms with Crippen LogP contribution >= 0.6 is 0 Å². The number of halogens is 2. The minimum atomic E-state index is -3.72. The van der Waals surface area contributed by atoms with E-state index in [-0.39, 0.29) is 22.9 Å². The minimum Gasteiger partial charge on any atom is -0.340 e. The van der Waals surface area contributed by atoms with Gasteiger partial charge in [-0.2, -0.15) is 0 Å². The molecule has 3 N–H and O–H groups in total. The number of amides is 2. The summed E-state index contributed by atoms with van der Waals surface area (Å²) in [6.07, 6.45) is 0.866. The van der Waals surface area contributed by atoms with Gasteiger partial charge in [0.15, 0.2) is 0 Å². The number of nitrogens with one attached hydrogen (secondary N) is 3. The van der Waals surface area contributed by atoms with Crippen molar-refractivity contribution in [1.82, 2.24) is 5.32 Å². The van der Waals surface area contributed by atoms with Crippen molar-refractivity contribution in [3.05, 3.63) is 59.7 Å². The number of benzene rings is 2. The maximum absolute atomic E-state index is 13.8. The molecule has 29 heavy (non-hydrogen) atoms. The van der Waals surface area contributed by atoms with E-state index < -0.39 is 39.5 Å². The Balaban J connectivity index is 2.19. The molecule has 0 saturated heterocycles. The van der Waals surface area contributed by atoms with Crippen molar-refractivity contribution >= 4 is 33.2 Å². The van der Waals surface area contributed by atoms with Gasteiger partial charge in [-0.1, -0.05) is 26.0 Å². The van der Waals surface area contributed by atoms with Gasteiger partial charge in [-0.15, -0.1) is 0 Å². The molecule has 0 aliphatic heterocycles. The summed E-state index contributed by atoms with van der Waals surface area (Å²) >= 11 is 0. The van der Waals surface area contributed by atoms with Crippen molar-refractivity contribution in [2.24, 2.45) is 5.92 Å². The van der Waals surface area contributed by atoms with Gasteiger partial charge in [0, 0.05) is 5.69 Å². The molecule has 2 rings (SSSR count). The van der Waals surface area contributed by atoms with Crippen molar-refractivity contribution in [3.8, 4) is 0 Å². The second kappa shape index (κ2) is 8.99. The van der Waals surface area contributed by atoms with Gasteiger partial charge in [-0.3, -0.25) is 14.3 Å². The zero-order valence-corrected chi connectivity index (χ0v) is 16.8. The maximum atomic E-state index is 13.8. The second-order valence-corrected chi connectivity index (χ2v) is 8.48. The molecule has 2 amide bonds. The summed E-state index contributed by atoms with van der Waals surface area (Å²) in [6.45, 7) is 3.38. The lowest BCUT2D eigenvalue weighted by Gasteiger charge is -2.22. The molecule has 10 heteroatoms. The summed E-state index contributed by atoms with van der Waals surface area (Å²) in [5.41, 5.74) is -0.414. The van der Waals surface area contributed by atoms with Gasteiger partial charge in [0.2, 0.25) is 15.9 Å². The lowest BCUT2D eigenvalue weighted by molar-refractivity contribution is -0.118. The van der Waals surface area contributed by atoms with Gasteiger partial charge in [0.05, 0.1) is 17.5 Å². The molecule has 0 aliphatic carbocycles. The first kappa shape index (κ1) is 22.3. The average molecular weight is 425 g/mol. The Kier molecular flexibility index (Phi) is 6.91. The number of hydrogen-bond acceptors (Lipinski definition) is 4. The molecule has 0 heterocycles. The van der Waals surface area contributed by atoms with Crippen LogP contribution in [0.4, 0.5) is 20.2 Å². The highest BCUT2D eigenvalue weighted by atomic mass is 32.2. The number of anilines is 2. The summed E-state index contributed by atoms with van der Waals surface area (Å²) in [5, 5.41) is 4.98. The third-order valence-corrected chi connectivity index (χ3v) is 4.47. The fourth-order valence-corrected chi connectivity index (χ4v) is 3.06. The van der Waals surface area contributed by atoms with Gasteiger partial charge in [-0.25, -0.2) is 17.2 Å². The van der Waals surface area contributed by atoms with E-state index in [1.54, 1.807) is 13.8 Å². The van der Waals surface area contributed by atoms with Crippen LogP contribution in [0.1, 0.15) is 24.2 Å². The van der Waals surface area contributed by atoms with Gasteiger partial charge in [-0.05, 0) is 36.2 Å². The third kappa shape index (κ3) is 6.24. The van der Waals surface area contributed by atoms with E-state index in [2.05, 4.69) is 10.6 Å². The van der Waals surface area contributed by atoms with Gasteiger partial charge < -0.3 is 10.6 Å². The van der Waals surface area contributed by atoms with Crippen LogP contribution in [0.25, 0.3) is 0 Å². The summed E-state index contributed by atoms with van der Waals surface area (Å²) in [7, 11) is -3.72. The fraction of sp³-hybridized carbons (Fsp3) is 0.263. The van der Waals surface area contributed by atoms with Crippen LogP contribution in [0, 0.1) is 17.6 Å². The van der Waals surface area contributed by atoms with E-state index in [1.807, 2.05) is 4.72 Å². The predicted molar refractivity (Wildman–Crippen MR) is 106 cm³/mol. The van der Waals surface area contributed by atoms with Crippen molar-refractivity contribution < 1.29 is 26.8 Å². The van der Waals surface area contributed by atoms with Crippen LogP contribution in [0.3, 0.4) is 0 Å². The average Bonchev–Trinajstić information content (AvgIpc) is 2.61. The summed E-state index contributed by atoms with van der Waals surface area (Å²) in [4.78, 5) is 25.0. The van der Waals surface area contributed by atoms with E-state index >= 15 is 0 Å². The number of rotatable bonds is 7. The molecule has 0 aliphatic rings. The van der Waals surface area contributed by atoms with Gasteiger partial charge >= 0.3 is 0 Å². The van der Waals surface area contributed by atoms with Gasteiger partial charge in [0.1, 0.15) is 17.7 Å². The first-order valence-corrected chi connectivity index (χ1v) is 10.5. The fourth-order valence-electron chi connectivity index (χ4n) is 2.50. The summed E-state index contributed by atoms with van der Waals surface area (Å²) in [5.74, 6) is -3.26. The van der Waals surface area contributed by atoms with E-state index in [9.17, 15) is 26.8 Å². The molecule has 2 aromatic carbocycles. The molecule has 0 aromatic heterocycles. The standard InChI is InChI=1S/C19H21F2N3O4S/c1-11(2)17(23-18(25)13-6-4-5-7-14(13)20)19(26)22-12-8-9-15(21)16(10-12)24-29(3,27)28/h4-11,17,24H,1-3H3,(H,22,26)(H,23,25)/t17-/m1/s1. The zero-order valence-electron chi connectivity index (χ0n) is 16.0. The van der Waals surface area contributed by atoms with Crippen LogP contribution < -0.4 is 15.4 Å². The zero-order chi connectivity index (χ0) is 21.8. The van der Waals surface area contributed by atoms with Crippen LogP contribution in [-0.2, 0) is 14.8 Å². The monoisotopic (exact) mass is 425 g/mol. The first-order valence-electron chi connectivity index (χ1n) is 8.61. The topological polar surface area (TPSA) is 104 Å². The smallest absolute Gasteiger partial charge is 0.254 e. The normalized spacial score (nSPS) is 12.3. The Hall–Kier alpha value is -3.01. The highest BCUT2D eigenvalue weighted by Gasteiger charge is 2.26. The molecule has 2 aromatic rings. The van der Waals surface area contributed by atoms with Gasteiger partial charge in [0.25, 0.3) is 5.91 Å². The minimum absolute atomic E-state index is 0.119. The Labute approximate surface area is 167 Å². The first-order chi connectivity index (χ1) is 13.5. The predicted octanol–water partition coefficient (Wildman–Crippen LogP) is 2.73. The molecule has 156 valence electrons. The van der Waals surface area contributed by atoms with Crippen LogP contribution in [0.2, 0.25) is 0 Å². The lowest BCUT2D eigenvalue weighted by Crippen LogP contribution is -2.47.